The molecule has 36 heavy (non-hydrogen) atoms. The van der Waals surface area contributed by atoms with Crippen molar-refractivity contribution in [2.45, 2.75) is 56.8 Å². The summed E-state index contributed by atoms with van der Waals surface area (Å²) in [4.78, 5) is 23.2. The number of hydrogen-bond donors (Lipinski definition) is 1. The molecule has 0 saturated heterocycles. The molecule has 4 rings (SSSR count). The van der Waals surface area contributed by atoms with Crippen LogP contribution in [0.4, 0.5) is 0 Å². The van der Waals surface area contributed by atoms with E-state index in [-0.39, 0.29) is 5.41 Å². The summed E-state index contributed by atoms with van der Waals surface area (Å²) >= 11 is 0. The standard InChI is InChI=1S/C31H32O5/c1-23(32)35-28(27-22-29(33)36-30(27)34)20-12-5-13-21-31(24-14-6-2-7-15-24,25-16-8-3-9-17-25)26-18-10-4-11-19-26/h2-4,6-11,14-19,22,28,30,34H,5,12-13,20-21H2,1H3. The van der Waals surface area contributed by atoms with Gasteiger partial charge in [0.05, 0.1) is 0 Å². The molecule has 2 atom stereocenters. The van der Waals surface area contributed by atoms with Crippen molar-refractivity contribution in [1.82, 2.24) is 0 Å². The Morgan fingerprint density at radius 1 is 0.861 bits per heavy atom. The highest BCUT2D eigenvalue weighted by Gasteiger charge is 2.36. The van der Waals surface area contributed by atoms with Gasteiger partial charge in [-0.25, -0.2) is 4.79 Å². The first-order chi connectivity index (χ1) is 17.5. The van der Waals surface area contributed by atoms with Gasteiger partial charge >= 0.3 is 11.9 Å². The number of ether oxygens (including phenoxy) is 2. The van der Waals surface area contributed by atoms with Gasteiger partial charge in [-0.1, -0.05) is 104 Å². The van der Waals surface area contributed by atoms with Crippen molar-refractivity contribution in [2.75, 3.05) is 0 Å². The summed E-state index contributed by atoms with van der Waals surface area (Å²) in [6, 6.07) is 31.8. The van der Waals surface area contributed by atoms with E-state index < -0.39 is 24.3 Å². The van der Waals surface area contributed by atoms with E-state index in [1.165, 1.54) is 29.7 Å². The van der Waals surface area contributed by atoms with E-state index in [0.29, 0.717) is 12.0 Å². The Morgan fingerprint density at radius 2 is 1.36 bits per heavy atom. The van der Waals surface area contributed by atoms with Crippen LogP contribution >= 0.6 is 0 Å². The molecule has 2 unspecified atom stereocenters. The van der Waals surface area contributed by atoms with Crippen molar-refractivity contribution in [1.29, 1.82) is 0 Å². The fraction of sp³-hybridized carbons (Fsp3) is 0.290. The number of rotatable bonds is 11. The van der Waals surface area contributed by atoms with E-state index >= 15 is 0 Å². The van der Waals surface area contributed by atoms with Crippen LogP contribution < -0.4 is 0 Å². The average molecular weight is 485 g/mol. The minimum atomic E-state index is -1.36. The predicted octanol–water partition coefficient (Wildman–Crippen LogP) is 5.70. The van der Waals surface area contributed by atoms with Gasteiger partial charge in [0.1, 0.15) is 6.10 Å². The zero-order valence-corrected chi connectivity index (χ0v) is 20.5. The molecule has 0 aliphatic carbocycles. The van der Waals surface area contributed by atoms with Crippen LogP contribution in [0.2, 0.25) is 0 Å². The Hall–Kier alpha value is -3.70. The predicted molar refractivity (Wildman–Crippen MR) is 138 cm³/mol. The summed E-state index contributed by atoms with van der Waals surface area (Å²) in [7, 11) is 0. The summed E-state index contributed by atoms with van der Waals surface area (Å²) in [6.07, 6.45) is 3.19. The molecule has 1 aliphatic heterocycles. The maximum Gasteiger partial charge on any atom is 0.333 e. The lowest BCUT2D eigenvalue weighted by molar-refractivity contribution is -0.153. The van der Waals surface area contributed by atoms with Crippen LogP contribution in [0.1, 0.15) is 55.7 Å². The van der Waals surface area contributed by atoms with Crippen LogP contribution in [0.3, 0.4) is 0 Å². The molecule has 1 heterocycles. The van der Waals surface area contributed by atoms with E-state index in [2.05, 4.69) is 72.8 Å². The number of cyclic esters (lactones) is 1. The van der Waals surface area contributed by atoms with Crippen LogP contribution in [0.5, 0.6) is 0 Å². The number of aliphatic hydroxyl groups excluding tert-OH is 1. The van der Waals surface area contributed by atoms with Crippen molar-refractivity contribution < 1.29 is 24.2 Å². The highest BCUT2D eigenvalue weighted by Crippen LogP contribution is 2.43. The van der Waals surface area contributed by atoms with Gasteiger partial charge in [0.25, 0.3) is 0 Å². The van der Waals surface area contributed by atoms with Crippen LogP contribution in [-0.4, -0.2) is 29.4 Å². The molecule has 186 valence electrons. The number of unbranched alkanes of at least 4 members (excludes halogenated alkanes) is 2. The Balaban J connectivity index is 1.53. The monoisotopic (exact) mass is 484 g/mol. The van der Waals surface area contributed by atoms with E-state index in [1.807, 2.05) is 18.2 Å². The average Bonchev–Trinajstić information content (AvgIpc) is 3.24. The van der Waals surface area contributed by atoms with Gasteiger partial charge in [-0.3, -0.25) is 4.79 Å². The third kappa shape index (κ3) is 5.74. The highest BCUT2D eigenvalue weighted by atomic mass is 16.6. The third-order valence-corrected chi connectivity index (χ3v) is 6.80. The van der Waals surface area contributed by atoms with Crippen LogP contribution in [0.25, 0.3) is 0 Å². The molecule has 0 spiro atoms. The van der Waals surface area contributed by atoms with Crippen LogP contribution in [0.15, 0.2) is 103 Å². The van der Waals surface area contributed by atoms with Crippen molar-refractivity contribution in [2.24, 2.45) is 0 Å². The van der Waals surface area contributed by atoms with Crippen molar-refractivity contribution >= 4 is 11.9 Å². The van der Waals surface area contributed by atoms with Crippen LogP contribution in [0, 0.1) is 0 Å². The van der Waals surface area contributed by atoms with E-state index in [0.717, 1.165) is 25.7 Å². The first kappa shape index (κ1) is 25.4. The third-order valence-electron chi connectivity index (χ3n) is 6.80. The first-order valence-corrected chi connectivity index (χ1v) is 12.4. The number of hydrogen-bond acceptors (Lipinski definition) is 5. The summed E-state index contributed by atoms with van der Waals surface area (Å²) in [5, 5.41) is 10.0. The summed E-state index contributed by atoms with van der Waals surface area (Å²) in [5.74, 6) is -1.07. The largest absolute Gasteiger partial charge is 0.458 e. The van der Waals surface area contributed by atoms with Crippen LogP contribution in [-0.2, 0) is 24.5 Å². The smallest absolute Gasteiger partial charge is 0.333 e. The maximum absolute atomic E-state index is 11.6. The fourth-order valence-electron chi connectivity index (χ4n) is 5.16. The molecule has 0 saturated carbocycles. The van der Waals surface area contributed by atoms with E-state index in [4.69, 9.17) is 9.47 Å². The van der Waals surface area contributed by atoms with E-state index in [9.17, 15) is 14.7 Å². The minimum absolute atomic E-state index is 0.302. The Labute approximate surface area is 212 Å². The molecule has 5 nitrogen and oxygen atoms in total. The fourth-order valence-corrected chi connectivity index (χ4v) is 5.16. The number of esters is 2. The molecule has 3 aromatic rings. The normalized spacial score (nSPS) is 16.2. The van der Waals surface area contributed by atoms with Gasteiger partial charge in [-0.15, -0.1) is 0 Å². The number of benzene rings is 3. The summed E-state index contributed by atoms with van der Waals surface area (Å²) in [5.41, 5.74) is 3.74. The highest BCUT2D eigenvalue weighted by molar-refractivity contribution is 5.86. The zero-order valence-electron chi connectivity index (χ0n) is 20.5. The molecular weight excluding hydrogens is 452 g/mol. The van der Waals surface area contributed by atoms with Crippen molar-refractivity contribution in [3.05, 3.63) is 119 Å². The Bertz CT molecular complexity index is 1070. The van der Waals surface area contributed by atoms with Crippen molar-refractivity contribution in [3.8, 4) is 0 Å². The van der Waals surface area contributed by atoms with E-state index in [1.54, 1.807) is 0 Å². The molecule has 1 N–H and O–H groups in total. The van der Waals surface area contributed by atoms with Gasteiger partial charge in [0.15, 0.2) is 0 Å². The molecule has 5 heteroatoms. The number of carbonyl (C=O) groups excluding carboxylic acids is 2. The quantitative estimate of drug-likeness (QED) is 0.215. The topological polar surface area (TPSA) is 72.8 Å². The molecule has 0 bridgehead atoms. The molecule has 0 radical (unpaired) electrons. The molecular formula is C31H32O5. The summed E-state index contributed by atoms with van der Waals surface area (Å²) < 4.78 is 10.2. The SMILES string of the molecule is CC(=O)OC(CCCCCC(c1ccccc1)(c1ccccc1)c1ccccc1)C1=CC(=O)OC1O. The number of carbonyl (C=O) groups is 2. The molecule has 0 amide bonds. The molecule has 0 fully saturated rings. The Morgan fingerprint density at radius 3 is 1.78 bits per heavy atom. The maximum atomic E-state index is 11.6. The lowest BCUT2D eigenvalue weighted by atomic mass is 9.66. The van der Waals surface area contributed by atoms with Crippen molar-refractivity contribution in [3.63, 3.8) is 0 Å². The van der Waals surface area contributed by atoms with Gasteiger partial charge in [0.2, 0.25) is 6.29 Å². The van der Waals surface area contributed by atoms with Gasteiger partial charge in [0, 0.05) is 24.0 Å². The van der Waals surface area contributed by atoms with Gasteiger partial charge < -0.3 is 14.6 Å². The van der Waals surface area contributed by atoms with Gasteiger partial charge in [-0.05, 0) is 36.0 Å². The first-order valence-electron chi connectivity index (χ1n) is 12.4. The lowest BCUT2D eigenvalue weighted by Crippen LogP contribution is -2.29. The minimum Gasteiger partial charge on any atom is -0.458 e. The zero-order chi connectivity index (χ0) is 25.4. The Kier molecular flexibility index (Phi) is 8.34. The summed E-state index contributed by atoms with van der Waals surface area (Å²) in [6.45, 7) is 1.32. The molecule has 3 aromatic carbocycles. The second kappa shape index (κ2) is 11.8. The lowest BCUT2D eigenvalue weighted by Gasteiger charge is -2.36. The molecule has 0 aromatic heterocycles. The number of aliphatic hydroxyl groups is 1. The second-order valence-electron chi connectivity index (χ2n) is 9.13. The molecule has 1 aliphatic rings. The second-order valence-corrected chi connectivity index (χ2v) is 9.13. The van der Waals surface area contributed by atoms with Gasteiger partial charge in [-0.2, -0.15) is 0 Å².